The summed E-state index contributed by atoms with van der Waals surface area (Å²) in [5, 5.41) is 6.90. The number of morpholine rings is 1. The molecule has 8 nitrogen and oxygen atoms in total. The van der Waals surface area contributed by atoms with Crippen molar-refractivity contribution in [2.75, 3.05) is 31.2 Å². The molecule has 3 heterocycles. The van der Waals surface area contributed by atoms with Crippen LogP contribution in [0.1, 0.15) is 11.6 Å². The molecule has 1 aromatic carbocycles. The van der Waals surface area contributed by atoms with Gasteiger partial charge in [0.1, 0.15) is 0 Å². The van der Waals surface area contributed by atoms with Crippen molar-refractivity contribution in [2.45, 2.75) is 12.7 Å². The van der Waals surface area contributed by atoms with Crippen molar-refractivity contribution in [1.82, 2.24) is 20.1 Å². The van der Waals surface area contributed by atoms with Gasteiger partial charge < -0.3 is 14.1 Å². The van der Waals surface area contributed by atoms with Crippen LogP contribution >= 0.6 is 11.6 Å². The average Bonchev–Trinajstić information content (AvgIpc) is 3.29. The molecule has 2 aromatic heterocycles. The van der Waals surface area contributed by atoms with E-state index in [1.165, 1.54) is 17.2 Å². The zero-order chi connectivity index (χ0) is 22.7. The van der Waals surface area contributed by atoms with E-state index in [2.05, 4.69) is 19.6 Å². The highest BCUT2D eigenvalue weighted by atomic mass is 35.5. The van der Waals surface area contributed by atoms with Crippen molar-refractivity contribution in [2.24, 2.45) is 0 Å². The van der Waals surface area contributed by atoms with E-state index in [1.54, 1.807) is 35.2 Å². The molecule has 12 heteroatoms. The third-order valence-electron chi connectivity index (χ3n) is 4.69. The highest BCUT2D eigenvalue weighted by Crippen LogP contribution is 2.30. The van der Waals surface area contributed by atoms with Gasteiger partial charge in [-0.25, -0.2) is 4.79 Å². The summed E-state index contributed by atoms with van der Waals surface area (Å²) in [5.74, 6) is -1.73. The number of aromatic nitrogens is 3. The fourth-order valence-electron chi connectivity index (χ4n) is 3.10. The molecule has 0 bridgehead atoms. The molecule has 1 saturated heterocycles. The lowest BCUT2D eigenvalue weighted by atomic mass is 10.2. The molecule has 1 fully saturated rings. The molecule has 0 N–H and O–H groups in total. The molecular weight excluding hydrogens is 451 g/mol. The van der Waals surface area contributed by atoms with Gasteiger partial charge in [0.05, 0.1) is 31.0 Å². The molecule has 2 amide bonds. The first kappa shape index (κ1) is 22.0. The van der Waals surface area contributed by atoms with Crippen LogP contribution in [-0.4, -0.2) is 52.4 Å². The van der Waals surface area contributed by atoms with Crippen LogP contribution < -0.4 is 4.90 Å². The molecule has 0 saturated carbocycles. The van der Waals surface area contributed by atoms with Gasteiger partial charge in [0.25, 0.3) is 0 Å². The predicted octanol–water partition coefficient (Wildman–Crippen LogP) is 4.26. The van der Waals surface area contributed by atoms with Crippen LogP contribution in [-0.2, 0) is 17.5 Å². The maximum absolute atomic E-state index is 13.2. The number of rotatable bonds is 4. The van der Waals surface area contributed by atoms with Gasteiger partial charge in [-0.3, -0.25) is 9.88 Å². The molecular formula is C20H17ClF3N5O3. The largest absolute Gasteiger partial charge is 0.470 e. The molecule has 0 radical (unpaired) electrons. The third-order valence-corrected chi connectivity index (χ3v) is 4.93. The molecule has 32 heavy (non-hydrogen) atoms. The number of pyridine rings is 1. The second-order valence-corrected chi connectivity index (χ2v) is 7.33. The number of anilines is 1. The minimum Gasteiger partial charge on any atom is -0.413 e. The highest BCUT2D eigenvalue weighted by Gasteiger charge is 2.38. The number of ether oxygens (including phenoxy) is 1. The Bertz CT molecular complexity index is 1080. The summed E-state index contributed by atoms with van der Waals surface area (Å²) in [6.45, 7) is 1.94. The zero-order valence-corrected chi connectivity index (χ0v) is 17.3. The van der Waals surface area contributed by atoms with Crippen LogP contribution in [0.15, 0.2) is 47.0 Å². The van der Waals surface area contributed by atoms with E-state index < -0.39 is 12.1 Å². The number of carbonyl (C=O) groups excluding carboxylic acids is 1. The van der Waals surface area contributed by atoms with E-state index in [9.17, 15) is 18.0 Å². The Morgan fingerprint density at radius 1 is 1.16 bits per heavy atom. The number of amides is 2. The van der Waals surface area contributed by atoms with Crippen LogP contribution in [0.4, 0.5) is 23.7 Å². The quantitative estimate of drug-likeness (QED) is 0.570. The van der Waals surface area contributed by atoms with Gasteiger partial charge in [-0.05, 0) is 30.3 Å². The van der Waals surface area contributed by atoms with Crippen LogP contribution in [0.2, 0.25) is 5.02 Å². The molecule has 0 atom stereocenters. The standard InChI is InChI=1S/C20H17ClF3N5O3/c21-14-2-1-3-16(10-14)29(19(30)28-6-8-31-9-7-28)12-15-5-4-13(11-25-15)17-26-27-18(32-17)20(22,23)24/h1-5,10-11H,6-9,12H2. The summed E-state index contributed by atoms with van der Waals surface area (Å²) in [4.78, 5) is 20.7. The summed E-state index contributed by atoms with van der Waals surface area (Å²) in [6.07, 6.45) is -3.41. The summed E-state index contributed by atoms with van der Waals surface area (Å²) < 4.78 is 48.0. The number of hydrogen-bond acceptors (Lipinski definition) is 6. The first-order valence-corrected chi connectivity index (χ1v) is 9.95. The minimum atomic E-state index is -4.73. The van der Waals surface area contributed by atoms with Crippen LogP contribution in [0.25, 0.3) is 11.5 Å². The highest BCUT2D eigenvalue weighted by molar-refractivity contribution is 6.30. The molecule has 1 aliphatic rings. The van der Waals surface area contributed by atoms with Gasteiger partial charge in [-0.15, -0.1) is 10.2 Å². The number of benzene rings is 1. The monoisotopic (exact) mass is 467 g/mol. The van der Waals surface area contributed by atoms with E-state index in [0.717, 1.165) is 0 Å². The number of halogens is 4. The van der Waals surface area contributed by atoms with Crippen molar-refractivity contribution in [3.63, 3.8) is 0 Å². The van der Waals surface area contributed by atoms with E-state index in [0.29, 0.717) is 42.7 Å². The molecule has 0 unspecified atom stereocenters. The fraction of sp³-hybridized carbons (Fsp3) is 0.300. The van der Waals surface area contributed by atoms with Crippen molar-refractivity contribution in [3.8, 4) is 11.5 Å². The Hall–Kier alpha value is -3.18. The molecule has 1 aliphatic heterocycles. The molecule has 168 valence electrons. The van der Waals surface area contributed by atoms with Gasteiger partial charge in [-0.2, -0.15) is 13.2 Å². The van der Waals surface area contributed by atoms with Gasteiger partial charge >= 0.3 is 18.1 Å². The Morgan fingerprint density at radius 2 is 1.94 bits per heavy atom. The zero-order valence-electron chi connectivity index (χ0n) is 16.5. The Balaban J connectivity index is 1.56. The van der Waals surface area contributed by atoms with Crippen molar-refractivity contribution < 1.29 is 27.1 Å². The van der Waals surface area contributed by atoms with Crippen LogP contribution in [0.3, 0.4) is 0 Å². The fourth-order valence-corrected chi connectivity index (χ4v) is 3.28. The smallest absolute Gasteiger partial charge is 0.413 e. The topological polar surface area (TPSA) is 84.6 Å². The van der Waals surface area contributed by atoms with Crippen molar-refractivity contribution >= 4 is 23.3 Å². The van der Waals surface area contributed by atoms with Crippen molar-refractivity contribution in [3.05, 3.63) is 59.2 Å². The minimum absolute atomic E-state index is 0.119. The number of urea groups is 1. The lowest BCUT2D eigenvalue weighted by Crippen LogP contribution is -2.48. The van der Waals surface area contributed by atoms with Crippen molar-refractivity contribution in [1.29, 1.82) is 0 Å². The SMILES string of the molecule is O=C(N1CCOCC1)N(Cc1ccc(-c2nnc(C(F)(F)F)o2)cn1)c1cccc(Cl)c1. The summed E-state index contributed by atoms with van der Waals surface area (Å²) in [5.41, 5.74) is 1.32. The second kappa shape index (κ2) is 9.13. The number of carbonyl (C=O) groups is 1. The number of alkyl halides is 3. The number of nitrogens with zero attached hydrogens (tertiary/aromatic N) is 5. The first-order valence-electron chi connectivity index (χ1n) is 9.57. The maximum Gasteiger partial charge on any atom is 0.470 e. The van der Waals surface area contributed by atoms with Gasteiger partial charge in [0, 0.05) is 30.0 Å². The predicted molar refractivity (Wildman–Crippen MR) is 108 cm³/mol. The lowest BCUT2D eigenvalue weighted by Gasteiger charge is -2.33. The Kier molecular flexibility index (Phi) is 6.28. The number of hydrogen-bond donors (Lipinski definition) is 0. The van der Waals surface area contributed by atoms with Gasteiger partial charge in [0.2, 0.25) is 5.89 Å². The molecule has 4 rings (SSSR count). The summed E-state index contributed by atoms with van der Waals surface area (Å²) in [7, 11) is 0. The van der Waals surface area contributed by atoms with E-state index in [1.807, 2.05) is 0 Å². The Morgan fingerprint density at radius 3 is 2.56 bits per heavy atom. The van der Waals surface area contributed by atoms with Gasteiger partial charge in [-0.1, -0.05) is 17.7 Å². The van der Waals surface area contributed by atoms with Crippen LogP contribution in [0, 0.1) is 0 Å². The molecule has 0 spiro atoms. The van der Waals surface area contributed by atoms with E-state index >= 15 is 0 Å². The summed E-state index contributed by atoms with van der Waals surface area (Å²) >= 11 is 6.11. The van der Waals surface area contributed by atoms with E-state index in [-0.39, 0.29) is 24.0 Å². The average molecular weight is 468 g/mol. The normalized spacial score (nSPS) is 14.4. The molecule has 3 aromatic rings. The maximum atomic E-state index is 13.2. The Labute approximate surface area is 185 Å². The molecule has 0 aliphatic carbocycles. The van der Waals surface area contributed by atoms with E-state index in [4.69, 9.17) is 16.3 Å². The second-order valence-electron chi connectivity index (χ2n) is 6.90. The first-order chi connectivity index (χ1) is 15.3. The van der Waals surface area contributed by atoms with Gasteiger partial charge in [0.15, 0.2) is 0 Å². The lowest BCUT2D eigenvalue weighted by molar-refractivity contribution is -0.156. The third kappa shape index (κ3) is 5.00. The van der Waals surface area contributed by atoms with Crippen LogP contribution in [0.5, 0.6) is 0 Å². The summed E-state index contributed by atoms with van der Waals surface area (Å²) in [6, 6.07) is 9.73.